The van der Waals surface area contributed by atoms with Crippen molar-refractivity contribution in [1.82, 2.24) is 19.7 Å². The SMILES string of the molecule is CC(C)N1CC(=O)N(Cc2ccc(Cl)cc2)[C@]2(CCN(C(=O)Nc3ccccn3)C2)C1=O. The zero-order chi connectivity index (χ0) is 22.9. The molecule has 1 aromatic carbocycles. The number of pyridine rings is 1. The van der Waals surface area contributed by atoms with Crippen molar-refractivity contribution < 1.29 is 14.4 Å². The van der Waals surface area contributed by atoms with Gasteiger partial charge in [0.25, 0.3) is 5.91 Å². The average Bonchev–Trinajstić information content (AvgIpc) is 3.22. The fourth-order valence-corrected chi connectivity index (χ4v) is 4.47. The molecule has 4 rings (SSSR count). The van der Waals surface area contributed by atoms with E-state index in [1.807, 2.05) is 26.0 Å². The lowest BCUT2D eigenvalue weighted by Gasteiger charge is -2.48. The number of hydrogen-bond acceptors (Lipinski definition) is 4. The summed E-state index contributed by atoms with van der Waals surface area (Å²) in [5.41, 5.74) is -0.218. The van der Waals surface area contributed by atoms with E-state index in [9.17, 15) is 14.4 Å². The summed E-state index contributed by atoms with van der Waals surface area (Å²) in [4.78, 5) is 48.7. The maximum Gasteiger partial charge on any atom is 0.323 e. The molecule has 0 bridgehead atoms. The third-order valence-corrected chi connectivity index (χ3v) is 6.35. The Morgan fingerprint density at radius 1 is 1.19 bits per heavy atom. The molecule has 0 radical (unpaired) electrons. The number of amides is 4. The Bertz CT molecular complexity index is 1010. The predicted octanol–water partition coefficient (Wildman–Crippen LogP) is 2.99. The zero-order valence-corrected chi connectivity index (χ0v) is 18.9. The largest absolute Gasteiger partial charge is 0.329 e. The molecule has 1 spiro atoms. The third kappa shape index (κ3) is 4.14. The van der Waals surface area contributed by atoms with Gasteiger partial charge in [-0.25, -0.2) is 9.78 Å². The number of halogens is 1. The van der Waals surface area contributed by atoms with Crippen molar-refractivity contribution >= 4 is 35.3 Å². The second kappa shape index (κ2) is 8.78. The lowest BCUT2D eigenvalue weighted by molar-refractivity contribution is -0.166. The van der Waals surface area contributed by atoms with Crippen molar-refractivity contribution in [1.29, 1.82) is 0 Å². The fraction of sp³-hybridized carbons (Fsp3) is 0.391. The van der Waals surface area contributed by atoms with E-state index >= 15 is 0 Å². The van der Waals surface area contributed by atoms with Crippen molar-refractivity contribution in [3.63, 3.8) is 0 Å². The van der Waals surface area contributed by atoms with Gasteiger partial charge in [-0.1, -0.05) is 29.8 Å². The highest BCUT2D eigenvalue weighted by Crippen LogP contribution is 2.36. The van der Waals surface area contributed by atoms with Crippen LogP contribution in [0.1, 0.15) is 25.8 Å². The summed E-state index contributed by atoms with van der Waals surface area (Å²) in [5.74, 6) is 0.195. The predicted molar refractivity (Wildman–Crippen MR) is 121 cm³/mol. The first-order chi connectivity index (χ1) is 15.3. The van der Waals surface area contributed by atoms with Crippen LogP contribution in [0.5, 0.6) is 0 Å². The van der Waals surface area contributed by atoms with Crippen LogP contribution in [-0.2, 0) is 16.1 Å². The van der Waals surface area contributed by atoms with Crippen LogP contribution in [-0.4, -0.2) is 68.7 Å². The summed E-state index contributed by atoms with van der Waals surface area (Å²) < 4.78 is 0. The second-order valence-corrected chi connectivity index (χ2v) is 8.92. The smallest absolute Gasteiger partial charge is 0.323 e. The van der Waals surface area contributed by atoms with Gasteiger partial charge in [-0.2, -0.15) is 0 Å². The minimum Gasteiger partial charge on any atom is -0.329 e. The van der Waals surface area contributed by atoms with Gasteiger partial charge in [0.1, 0.15) is 17.9 Å². The van der Waals surface area contributed by atoms with Gasteiger partial charge in [-0.3, -0.25) is 14.9 Å². The minimum atomic E-state index is -1.10. The molecule has 32 heavy (non-hydrogen) atoms. The number of likely N-dealkylation sites (tertiary alicyclic amines) is 1. The Labute approximate surface area is 192 Å². The van der Waals surface area contributed by atoms with E-state index in [1.54, 1.807) is 51.2 Å². The van der Waals surface area contributed by atoms with E-state index in [1.165, 1.54) is 0 Å². The first kappa shape index (κ1) is 22.1. The van der Waals surface area contributed by atoms with Crippen LogP contribution in [0.2, 0.25) is 5.02 Å². The number of aromatic nitrogens is 1. The molecule has 2 aliphatic rings. The van der Waals surface area contributed by atoms with Crippen molar-refractivity contribution in [2.45, 2.75) is 38.4 Å². The lowest BCUT2D eigenvalue weighted by atomic mass is 9.89. The topological polar surface area (TPSA) is 85.8 Å². The monoisotopic (exact) mass is 455 g/mol. The molecule has 4 amide bonds. The minimum absolute atomic E-state index is 0.0337. The number of urea groups is 1. The van der Waals surface area contributed by atoms with E-state index < -0.39 is 5.54 Å². The summed E-state index contributed by atoms with van der Waals surface area (Å²) in [5, 5.41) is 3.37. The molecule has 0 aliphatic carbocycles. The van der Waals surface area contributed by atoms with E-state index in [0.29, 0.717) is 23.8 Å². The molecular weight excluding hydrogens is 430 g/mol. The van der Waals surface area contributed by atoms with Crippen LogP contribution in [0.4, 0.5) is 10.6 Å². The molecule has 1 atom stereocenters. The molecule has 1 aromatic heterocycles. The molecule has 3 heterocycles. The van der Waals surface area contributed by atoms with E-state index in [2.05, 4.69) is 10.3 Å². The fourth-order valence-electron chi connectivity index (χ4n) is 4.34. The summed E-state index contributed by atoms with van der Waals surface area (Å²) in [7, 11) is 0. The van der Waals surface area contributed by atoms with Crippen LogP contribution < -0.4 is 5.32 Å². The Morgan fingerprint density at radius 2 is 1.94 bits per heavy atom. The summed E-state index contributed by atoms with van der Waals surface area (Å²) in [6.07, 6.45) is 1.98. The molecule has 2 aromatic rings. The van der Waals surface area contributed by atoms with E-state index in [-0.39, 0.29) is 43.5 Å². The van der Waals surface area contributed by atoms with Gasteiger partial charge >= 0.3 is 6.03 Å². The summed E-state index contributed by atoms with van der Waals surface area (Å²) in [6, 6.07) is 12.0. The number of nitrogens with one attached hydrogen (secondary N) is 1. The summed E-state index contributed by atoms with van der Waals surface area (Å²) in [6.45, 7) is 4.60. The number of nitrogens with zero attached hydrogens (tertiary/aromatic N) is 4. The van der Waals surface area contributed by atoms with Crippen molar-refractivity contribution in [2.75, 3.05) is 25.0 Å². The Hall–Kier alpha value is -3.13. The van der Waals surface area contributed by atoms with Gasteiger partial charge in [0, 0.05) is 30.4 Å². The molecule has 2 saturated heterocycles. The number of piperazine rings is 1. The molecule has 9 heteroatoms. The van der Waals surface area contributed by atoms with Gasteiger partial charge in [-0.05, 0) is 50.1 Å². The maximum atomic E-state index is 13.7. The van der Waals surface area contributed by atoms with Crippen LogP contribution >= 0.6 is 11.6 Å². The summed E-state index contributed by atoms with van der Waals surface area (Å²) >= 11 is 6.00. The molecule has 0 unspecified atom stereocenters. The molecule has 1 N–H and O–H groups in total. The molecule has 8 nitrogen and oxygen atoms in total. The van der Waals surface area contributed by atoms with Crippen LogP contribution in [0, 0.1) is 0 Å². The van der Waals surface area contributed by atoms with E-state index in [4.69, 9.17) is 11.6 Å². The second-order valence-electron chi connectivity index (χ2n) is 8.48. The number of anilines is 1. The Balaban J connectivity index is 1.61. The van der Waals surface area contributed by atoms with Gasteiger partial charge < -0.3 is 14.7 Å². The normalized spacial score (nSPS) is 21.1. The lowest BCUT2D eigenvalue weighted by Crippen LogP contribution is -2.69. The van der Waals surface area contributed by atoms with E-state index in [0.717, 1.165) is 5.56 Å². The van der Waals surface area contributed by atoms with Gasteiger partial charge in [0.05, 0.1) is 6.54 Å². The molecule has 0 saturated carbocycles. The first-order valence-corrected chi connectivity index (χ1v) is 11.0. The van der Waals surface area contributed by atoms with Gasteiger partial charge in [0.2, 0.25) is 5.91 Å². The highest BCUT2D eigenvalue weighted by molar-refractivity contribution is 6.30. The van der Waals surface area contributed by atoms with Crippen LogP contribution in [0.15, 0.2) is 48.7 Å². The quantitative estimate of drug-likeness (QED) is 0.767. The van der Waals surface area contributed by atoms with Gasteiger partial charge in [0.15, 0.2) is 0 Å². The highest BCUT2D eigenvalue weighted by atomic mass is 35.5. The Morgan fingerprint density at radius 3 is 2.59 bits per heavy atom. The molecule has 168 valence electrons. The van der Waals surface area contributed by atoms with Crippen molar-refractivity contribution in [2.24, 2.45) is 0 Å². The molecular formula is C23H26ClN5O3. The number of hydrogen-bond donors (Lipinski definition) is 1. The first-order valence-electron chi connectivity index (χ1n) is 10.6. The molecule has 2 aliphatic heterocycles. The number of benzene rings is 1. The average molecular weight is 456 g/mol. The number of carbonyl (C=O) groups is 3. The van der Waals surface area contributed by atoms with Crippen molar-refractivity contribution in [3.8, 4) is 0 Å². The number of rotatable bonds is 4. The zero-order valence-electron chi connectivity index (χ0n) is 18.1. The van der Waals surface area contributed by atoms with Crippen LogP contribution in [0.25, 0.3) is 0 Å². The van der Waals surface area contributed by atoms with Crippen molar-refractivity contribution in [3.05, 3.63) is 59.2 Å². The van der Waals surface area contributed by atoms with Crippen LogP contribution in [0.3, 0.4) is 0 Å². The maximum absolute atomic E-state index is 13.7. The van der Waals surface area contributed by atoms with Gasteiger partial charge in [-0.15, -0.1) is 0 Å². The standard InChI is InChI=1S/C23H26ClN5O3/c1-16(2)28-14-20(30)29(13-17-6-8-18(24)9-7-17)23(21(28)31)10-12-27(15-23)22(32)26-19-5-3-4-11-25-19/h3-9,11,16H,10,12-15H2,1-2H3,(H,25,26,32)/t23-/m0/s1. The Kier molecular flexibility index (Phi) is 6.06. The third-order valence-electron chi connectivity index (χ3n) is 6.09. The molecule has 2 fully saturated rings. The number of carbonyl (C=O) groups excluding carboxylic acids is 3. The highest BCUT2D eigenvalue weighted by Gasteiger charge is 2.57.